The van der Waals surface area contributed by atoms with Gasteiger partial charge in [-0.15, -0.1) is 0 Å². The Hall–Kier alpha value is -2.22. The molecule has 2 aromatic carbocycles. The summed E-state index contributed by atoms with van der Waals surface area (Å²) in [6.45, 7) is 0. The van der Waals surface area contributed by atoms with Crippen LogP contribution in [0.4, 0.5) is 0 Å². The third-order valence-corrected chi connectivity index (χ3v) is 4.23. The van der Waals surface area contributed by atoms with Crippen molar-refractivity contribution >= 4 is 33.5 Å². The Kier molecular flexibility index (Phi) is 4.32. The molecule has 0 spiro atoms. The predicted molar refractivity (Wildman–Crippen MR) is 78.1 cm³/mol. The van der Waals surface area contributed by atoms with Crippen molar-refractivity contribution in [2.45, 2.75) is 4.90 Å². The first-order valence-electron chi connectivity index (χ1n) is 5.86. The van der Waals surface area contributed by atoms with Crippen molar-refractivity contribution in [3.8, 4) is 0 Å². The molecule has 0 aliphatic heterocycles. The number of carbonyl (C=O) groups excluding carboxylic acids is 1. The van der Waals surface area contributed by atoms with E-state index in [4.69, 9.17) is 11.6 Å². The summed E-state index contributed by atoms with van der Waals surface area (Å²) in [6.07, 6.45) is 0. The van der Waals surface area contributed by atoms with Gasteiger partial charge in [0.2, 0.25) is 0 Å². The van der Waals surface area contributed by atoms with E-state index >= 15 is 0 Å². The minimum absolute atomic E-state index is 0.0668. The first-order valence-corrected chi connectivity index (χ1v) is 7.68. The molecule has 0 fully saturated rings. The standard InChI is InChI=1S/C14H9ClO6S/c15-10-7-6-9(14(17)18)11(13(10)22(19,20)21)12(16)8-4-2-1-3-5-8/h1-7H,(H,17,18)(H,19,20,21). The highest BCUT2D eigenvalue weighted by Crippen LogP contribution is 2.30. The molecule has 2 N–H and O–H groups in total. The van der Waals surface area contributed by atoms with E-state index in [0.29, 0.717) is 0 Å². The fourth-order valence-corrected chi connectivity index (χ4v) is 3.17. The lowest BCUT2D eigenvalue weighted by molar-refractivity contribution is 0.0692. The fourth-order valence-electron chi connectivity index (χ4n) is 1.95. The molecule has 0 amide bonds. The Morgan fingerprint density at radius 3 is 2.09 bits per heavy atom. The van der Waals surface area contributed by atoms with Gasteiger partial charge in [0.25, 0.3) is 10.1 Å². The van der Waals surface area contributed by atoms with Gasteiger partial charge in [-0.1, -0.05) is 41.9 Å². The molecule has 0 saturated carbocycles. The number of carbonyl (C=O) groups is 2. The SMILES string of the molecule is O=C(O)c1ccc(Cl)c(S(=O)(=O)O)c1C(=O)c1ccccc1. The number of hydrogen-bond donors (Lipinski definition) is 2. The van der Waals surface area contributed by atoms with E-state index in [0.717, 1.165) is 12.1 Å². The van der Waals surface area contributed by atoms with Crippen LogP contribution in [0.1, 0.15) is 26.3 Å². The summed E-state index contributed by atoms with van der Waals surface area (Å²) in [5.74, 6) is -2.38. The number of ketones is 1. The minimum Gasteiger partial charge on any atom is -0.478 e. The molecule has 2 aromatic rings. The van der Waals surface area contributed by atoms with Gasteiger partial charge < -0.3 is 5.11 Å². The van der Waals surface area contributed by atoms with Gasteiger partial charge in [0.05, 0.1) is 16.1 Å². The van der Waals surface area contributed by atoms with Gasteiger partial charge in [0.15, 0.2) is 5.78 Å². The second-order valence-electron chi connectivity index (χ2n) is 4.27. The molecule has 0 aliphatic carbocycles. The van der Waals surface area contributed by atoms with E-state index in [1.54, 1.807) is 6.07 Å². The average Bonchev–Trinajstić information content (AvgIpc) is 2.45. The maximum Gasteiger partial charge on any atom is 0.336 e. The van der Waals surface area contributed by atoms with Crippen LogP contribution in [0.3, 0.4) is 0 Å². The van der Waals surface area contributed by atoms with Gasteiger partial charge in [0.1, 0.15) is 4.90 Å². The topological polar surface area (TPSA) is 109 Å². The molecule has 0 bridgehead atoms. The minimum atomic E-state index is -4.89. The Bertz CT molecular complexity index is 858. The summed E-state index contributed by atoms with van der Waals surface area (Å²) >= 11 is 5.74. The van der Waals surface area contributed by atoms with E-state index in [1.165, 1.54) is 24.3 Å². The maximum atomic E-state index is 12.5. The van der Waals surface area contributed by atoms with Crippen LogP contribution in [0.2, 0.25) is 5.02 Å². The molecule has 0 radical (unpaired) electrons. The monoisotopic (exact) mass is 340 g/mol. The quantitative estimate of drug-likeness (QED) is 0.654. The zero-order chi connectivity index (χ0) is 16.5. The van der Waals surface area contributed by atoms with Crippen LogP contribution in [0, 0.1) is 0 Å². The van der Waals surface area contributed by atoms with Crippen molar-refractivity contribution in [1.82, 2.24) is 0 Å². The molecule has 22 heavy (non-hydrogen) atoms. The molecular weight excluding hydrogens is 332 g/mol. The summed E-state index contributed by atoms with van der Waals surface area (Å²) in [7, 11) is -4.89. The molecule has 114 valence electrons. The smallest absolute Gasteiger partial charge is 0.336 e. The van der Waals surface area contributed by atoms with Crippen molar-refractivity contribution < 1.29 is 27.7 Å². The van der Waals surface area contributed by atoms with Crippen LogP contribution in [0.25, 0.3) is 0 Å². The van der Waals surface area contributed by atoms with Crippen molar-refractivity contribution in [1.29, 1.82) is 0 Å². The van der Waals surface area contributed by atoms with Crippen LogP contribution in [-0.2, 0) is 10.1 Å². The van der Waals surface area contributed by atoms with Gasteiger partial charge in [-0.05, 0) is 12.1 Å². The third kappa shape index (κ3) is 3.01. The molecule has 0 aliphatic rings. The van der Waals surface area contributed by atoms with E-state index in [-0.39, 0.29) is 5.56 Å². The van der Waals surface area contributed by atoms with Gasteiger partial charge in [-0.25, -0.2) is 4.79 Å². The van der Waals surface area contributed by atoms with Gasteiger partial charge in [-0.3, -0.25) is 9.35 Å². The highest BCUT2D eigenvalue weighted by molar-refractivity contribution is 7.86. The zero-order valence-corrected chi connectivity index (χ0v) is 12.4. The number of aromatic carboxylic acids is 1. The lowest BCUT2D eigenvalue weighted by Gasteiger charge is -2.11. The molecule has 0 saturated heterocycles. The Morgan fingerprint density at radius 2 is 1.59 bits per heavy atom. The molecule has 8 heteroatoms. The van der Waals surface area contributed by atoms with Crippen LogP contribution in [0.5, 0.6) is 0 Å². The summed E-state index contributed by atoms with van der Waals surface area (Å²) < 4.78 is 32.3. The summed E-state index contributed by atoms with van der Waals surface area (Å²) in [4.78, 5) is 22.9. The van der Waals surface area contributed by atoms with Gasteiger partial charge in [-0.2, -0.15) is 8.42 Å². The summed E-state index contributed by atoms with van der Waals surface area (Å²) in [6, 6.07) is 9.49. The van der Waals surface area contributed by atoms with Gasteiger partial charge in [0, 0.05) is 5.56 Å². The second-order valence-corrected chi connectivity index (χ2v) is 6.04. The van der Waals surface area contributed by atoms with E-state index in [1.807, 2.05) is 0 Å². The number of rotatable bonds is 4. The van der Waals surface area contributed by atoms with Crippen molar-refractivity contribution in [3.05, 3.63) is 64.2 Å². The Labute approximate surface area is 130 Å². The van der Waals surface area contributed by atoms with Crippen molar-refractivity contribution in [2.75, 3.05) is 0 Å². The largest absolute Gasteiger partial charge is 0.478 e. The molecule has 0 aromatic heterocycles. The predicted octanol–water partition coefficient (Wildman–Crippen LogP) is 2.52. The highest BCUT2D eigenvalue weighted by Gasteiger charge is 2.30. The number of halogens is 1. The molecule has 6 nitrogen and oxygen atoms in total. The van der Waals surface area contributed by atoms with Crippen LogP contribution in [-0.4, -0.2) is 29.8 Å². The second kappa shape index (κ2) is 5.88. The molecular formula is C14H9ClO6S. The summed E-state index contributed by atoms with van der Waals surface area (Å²) in [5, 5.41) is 8.73. The lowest BCUT2D eigenvalue weighted by atomic mass is 9.98. The van der Waals surface area contributed by atoms with E-state index in [2.05, 4.69) is 0 Å². The van der Waals surface area contributed by atoms with E-state index < -0.39 is 42.9 Å². The normalized spacial score (nSPS) is 11.2. The number of carboxylic acids is 1. The first-order chi connectivity index (χ1) is 10.2. The fraction of sp³-hybridized carbons (Fsp3) is 0. The maximum absolute atomic E-state index is 12.5. The van der Waals surface area contributed by atoms with Crippen LogP contribution >= 0.6 is 11.6 Å². The van der Waals surface area contributed by atoms with Gasteiger partial charge >= 0.3 is 5.97 Å². The van der Waals surface area contributed by atoms with Crippen LogP contribution < -0.4 is 0 Å². The number of carboxylic acid groups (broad SMARTS) is 1. The molecule has 0 heterocycles. The third-order valence-electron chi connectivity index (χ3n) is 2.86. The Morgan fingerprint density at radius 1 is 1.00 bits per heavy atom. The Balaban J connectivity index is 2.86. The van der Waals surface area contributed by atoms with Crippen molar-refractivity contribution in [3.63, 3.8) is 0 Å². The average molecular weight is 341 g/mol. The van der Waals surface area contributed by atoms with E-state index in [9.17, 15) is 27.7 Å². The first kappa shape index (κ1) is 16.2. The molecule has 0 unspecified atom stereocenters. The number of hydrogen-bond acceptors (Lipinski definition) is 4. The molecule has 2 rings (SSSR count). The zero-order valence-electron chi connectivity index (χ0n) is 10.9. The summed E-state index contributed by atoms with van der Waals surface area (Å²) in [5.41, 5.74) is -1.17. The lowest BCUT2D eigenvalue weighted by Crippen LogP contribution is -2.16. The van der Waals surface area contributed by atoms with Crippen molar-refractivity contribution in [2.24, 2.45) is 0 Å². The molecule has 0 atom stereocenters. The number of benzene rings is 2. The van der Waals surface area contributed by atoms with Crippen LogP contribution in [0.15, 0.2) is 47.4 Å². The highest BCUT2D eigenvalue weighted by atomic mass is 35.5.